The number of rotatable bonds is 6. The lowest BCUT2D eigenvalue weighted by atomic mass is 10.1. The van der Waals surface area contributed by atoms with E-state index in [9.17, 15) is 4.79 Å². The normalized spacial score (nSPS) is 14.4. The number of benzene rings is 1. The molecule has 5 heteroatoms. The average Bonchev–Trinajstić information content (AvgIpc) is 2.93. The maximum atomic E-state index is 13.4. The van der Waals surface area contributed by atoms with Gasteiger partial charge in [-0.1, -0.05) is 31.2 Å². The van der Waals surface area contributed by atoms with Crippen LogP contribution in [0.3, 0.4) is 0 Å². The van der Waals surface area contributed by atoms with Crippen LogP contribution >= 0.6 is 0 Å². The van der Waals surface area contributed by atoms with Gasteiger partial charge in [0.1, 0.15) is 5.69 Å². The van der Waals surface area contributed by atoms with Crippen LogP contribution in [-0.4, -0.2) is 55.3 Å². The van der Waals surface area contributed by atoms with E-state index in [1.165, 1.54) is 16.8 Å². The molecule has 0 radical (unpaired) electrons. The molecule has 1 fully saturated rings. The van der Waals surface area contributed by atoms with Gasteiger partial charge < -0.3 is 19.1 Å². The van der Waals surface area contributed by atoms with E-state index in [-0.39, 0.29) is 5.91 Å². The summed E-state index contributed by atoms with van der Waals surface area (Å²) in [6.45, 7) is 13.2. The summed E-state index contributed by atoms with van der Waals surface area (Å²) in [5.74, 6) is 0.107. The summed E-state index contributed by atoms with van der Waals surface area (Å²) < 4.78 is 7.76. The Labute approximate surface area is 168 Å². The molecule has 152 valence electrons. The van der Waals surface area contributed by atoms with E-state index in [1.807, 2.05) is 11.9 Å². The molecule has 0 unspecified atom stereocenters. The lowest BCUT2D eigenvalue weighted by Crippen LogP contribution is -2.36. The first-order chi connectivity index (χ1) is 13.5. The Morgan fingerprint density at radius 1 is 1.14 bits per heavy atom. The summed E-state index contributed by atoms with van der Waals surface area (Å²) >= 11 is 0. The summed E-state index contributed by atoms with van der Waals surface area (Å²) in [6.07, 6.45) is 0.953. The molecule has 0 spiro atoms. The Balaban J connectivity index is 2.09. The zero-order valence-corrected chi connectivity index (χ0v) is 17.9. The first-order valence-electron chi connectivity index (χ1n) is 10.3. The Hall–Kier alpha value is -2.27. The maximum absolute atomic E-state index is 13.4. The van der Waals surface area contributed by atoms with Crippen LogP contribution in [-0.2, 0) is 11.3 Å². The lowest BCUT2D eigenvalue weighted by molar-refractivity contribution is 0.0784. The lowest BCUT2D eigenvalue weighted by Gasteiger charge is -2.29. The van der Waals surface area contributed by atoms with Crippen LogP contribution in [0.15, 0.2) is 24.3 Å². The van der Waals surface area contributed by atoms with Crippen LogP contribution in [0.25, 0.3) is 0 Å². The number of morpholine rings is 1. The molecule has 0 atom stereocenters. The standard InChI is InChI=1S/C23H33N3O2/c1-6-11-24(5)23(27)22-18(3)21(25-12-14-28-15-13-25)19(4)26(22)16-20-10-8-7-9-17(20)2/h7-10H,6,11-16H2,1-5H3. The van der Waals surface area contributed by atoms with Crippen molar-refractivity contribution in [3.05, 3.63) is 52.3 Å². The summed E-state index contributed by atoms with van der Waals surface area (Å²) in [7, 11) is 1.90. The van der Waals surface area contributed by atoms with E-state index in [2.05, 4.69) is 61.4 Å². The predicted octanol–water partition coefficient (Wildman–Crippen LogP) is 3.78. The second-order valence-electron chi connectivity index (χ2n) is 7.75. The van der Waals surface area contributed by atoms with Gasteiger partial charge in [-0.05, 0) is 38.3 Å². The molecule has 0 saturated carbocycles. The van der Waals surface area contributed by atoms with E-state index in [0.717, 1.165) is 56.2 Å². The number of hydrogen-bond acceptors (Lipinski definition) is 3. The fraction of sp³-hybridized carbons (Fsp3) is 0.522. The number of ether oxygens (including phenoxy) is 1. The van der Waals surface area contributed by atoms with Crippen molar-refractivity contribution in [2.75, 3.05) is 44.8 Å². The van der Waals surface area contributed by atoms with Gasteiger partial charge in [-0.15, -0.1) is 0 Å². The second kappa shape index (κ2) is 8.82. The minimum atomic E-state index is 0.107. The molecule has 1 aliphatic heterocycles. The quantitative estimate of drug-likeness (QED) is 0.762. The van der Waals surface area contributed by atoms with Crippen LogP contribution in [0.5, 0.6) is 0 Å². The van der Waals surface area contributed by atoms with Crippen molar-refractivity contribution >= 4 is 11.6 Å². The third kappa shape index (κ3) is 3.95. The van der Waals surface area contributed by atoms with Crippen molar-refractivity contribution in [2.45, 2.75) is 40.7 Å². The molecule has 5 nitrogen and oxygen atoms in total. The molecule has 1 amide bonds. The molecular weight excluding hydrogens is 350 g/mol. The Morgan fingerprint density at radius 3 is 2.46 bits per heavy atom. The highest BCUT2D eigenvalue weighted by Crippen LogP contribution is 2.33. The minimum Gasteiger partial charge on any atom is -0.378 e. The van der Waals surface area contributed by atoms with E-state index >= 15 is 0 Å². The monoisotopic (exact) mass is 383 g/mol. The third-order valence-electron chi connectivity index (χ3n) is 5.75. The van der Waals surface area contributed by atoms with Gasteiger partial charge in [-0.25, -0.2) is 0 Å². The molecule has 2 heterocycles. The number of aromatic nitrogens is 1. The van der Waals surface area contributed by atoms with Crippen LogP contribution in [0.1, 0.15) is 46.2 Å². The molecule has 3 rings (SSSR count). The number of anilines is 1. The summed E-state index contributed by atoms with van der Waals surface area (Å²) in [5.41, 5.74) is 6.77. The number of aryl methyl sites for hydroxylation is 1. The summed E-state index contributed by atoms with van der Waals surface area (Å²) in [4.78, 5) is 17.6. The van der Waals surface area contributed by atoms with Crippen LogP contribution in [0.2, 0.25) is 0 Å². The van der Waals surface area contributed by atoms with Gasteiger partial charge in [-0.3, -0.25) is 4.79 Å². The smallest absolute Gasteiger partial charge is 0.270 e. The van der Waals surface area contributed by atoms with Crippen molar-refractivity contribution in [2.24, 2.45) is 0 Å². The Bertz CT molecular complexity index is 835. The second-order valence-corrected chi connectivity index (χ2v) is 7.75. The van der Waals surface area contributed by atoms with E-state index in [0.29, 0.717) is 6.54 Å². The van der Waals surface area contributed by atoms with Crippen molar-refractivity contribution in [1.29, 1.82) is 0 Å². The van der Waals surface area contributed by atoms with Gasteiger partial charge in [0.25, 0.3) is 5.91 Å². The minimum absolute atomic E-state index is 0.107. The molecule has 1 aromatic carbocycles. The third-order valence-corrected chi connectivity index (χ3v) is 5.75. The number of carbonyl (C=O) groups is 1. The van der Waals surface area contributed by atoms with Crippen molar-refractivity contribution < 1.29 is 9.53 Å². The zero-order chi connectivity index (χ0) is 20.3. The van der Waals surface area contributed by atoms with E-state index in [4.69, 9.17) is 4.74 Å². The largest absolute Gasteiger partial charge is 0.378 e. The molecule has 1 aromatic heterocycles. The highest BCUT2D eigenvalue weighted by atomic mass is 16.5. The molecule has 1 saturated heterocycles. The van der Waals surface area contributed by atoms with E-state index in [1.54, 1.807) is 0 Å². The van der Waals surface area contributed by atoms with Crippen LogP contribution in [0, 0.1) is 20.8 Å². The molecule has 1 aliphatic rings. The molecule has 2 aromatic rings. The number of amides is 1. The number of nitrogens with zero attached hydrogens (tertiary/aromatic N) is 3. The predicted molar refractivity (Wildman–Crippen MR) is 114 cm³/mol. The Morgan fingerprint density at radius 2 is 1.82 bits per heavy atom. The van der Waals surface area contributed by atoms with Gasteiger partial charge in [0, 0.05) is 44.5 Å². The van der Waals surface area contributed by atoms with Crippen molar-refractivity contribution in [1.82, 2.24) is 9.47 Å². The fourth-order valence-electron chi connectivity index (χ4n) is 4.18. The maximum Gasteiger partial charge on any atom is 0.270 e. The first-order valence-corrected chi connectivity index (χ1v) is 10.3. The molecule has 0 aliphatic carbocycles. The molecule has 28 heavy (non-hydrogen) atoms. The first kappa shape index (κ1) is 20.5. The highest BCUT2D eigenvalue weighted by molar-refractivity contribution is 5.96. The number of hydrogen-bond donors (Lipinski definition) is 0. The van der Waals surface area contributed by atoms with E-state index < -0.39 is 0 Å². The van der Waals surface area contributed by atoms with Crippen molar-refractivity contribution in [3.63, 3.8) is 0 Å². The Kier molecular flexibility index (Phi) is 6.45. The van der Waals surface area contributed by atoms with Crippen molar-refractivity contribution in [3.8, 4) is 0 Å². The zero-order valence-electron chi connectivity index (χ0n) is 17.9. The highest BCUT2D eigenvalue weighted by Gasteiger charge is 2.28. The van der Waals surface area contributed by atoms with Gasteiger partial charge >= 0.3 is 0 Å². The summed E-state index contributed by atoms with van der Waals surface area (Å²) in [5, 5.41) is 0. The van der Waals surface area contributed by atoms with Gasteiger partial charge in [0.2, 0.25) is 0 Å². The molecule has 0 bridgehead atoms. The van der Waals surface area contributed by atoms with Gasteiger partial charge in [-0.2, -0.15) is 0 Å². The fourth-order valence-corrected chi connectivity index (χ4v) is 4.18. The van der Waals surface area contributed by atoms with Gasteiger partial charge in [0.05, 0.1) is 18.9 Å². The SMILES string of the molecule is CCCN(C)C(=O)c1c(C)c(N2CCOCC2)c(C)n1Cc1ccccc1C. The van der Waals surface area contributed by atoms with Crippen LogP contribution in [0.4, 0.5) is 5.69 Å². The number of carbonyl (C=O) groups excluding carboxylic acids is 1. The molecular formula is C23H33N3O2. The van der Waals surface area contributed by atoms with Crippen LogP contribution < -0.4 is 4.90 Å². The topological polar surface area (TPSA) is 37.7 Å². The average molecular weight is 384 g/mol. The van der Waals surface area contributed by atoms with Gasteiger partial charge in [0.15, 0.2) is 0 Å². The molecule has 0 N–H and O–H groups in total. The summed E-state index contributed by atoms with van der Waals surface area (Å²) in [6, 6.07) is 8.42.